The molecule has 0 saturated carbocycles. The topological polar surface area (TPSA) is 49.0 Å². The highest BCUT2D eigenvalue weighted by molar-refractivity contribution is 7.89. The maximum absolute atomic E-state index is 12.8. The lowest BCUT2D eigenvalue weighted by Gasteiger charge is -2.14. The van der Waals surface area contributed by atoms with Crippen molar-refractivity contribution in [3.63, 3.8) is 0 Å². The van der Waals surface area contributed by atoms with Gasteiger partial charge < -0.3 is 0 Å². The first kappa shape index (κ1) is 16.9. The summed E-state index contributed by atoms with van der Waals surface area (Å²) in [4.78, 5) is 4.38. The molecule has 0 N–H and O–H groups in total. The molecule has 1 aromatic heterocycles. The summed E-state index contributed by atoms with van der Waals surface area (Å²) in [6.07, 6.45) is -1.12. The van der Waals surface area contributed by atoms with Crippen molar-refractivity contribution in [3.05, 3.63) is 23.0 Å². The molecule has 0 aliphatic heterocycles. The van der Waals surface area contributed by atoms with E-state index >= 15 is 0 Å². The Labute approximate surface area is 122 Å². The fraction of sp³-hybridized carbons (Fsp3) is 0.500. The SMILES string of the molecule is CC(C)(C)c1csc(S(CCC(F)=C(F)F)=NC#N)n1. The molecule has 0 radical (unpaired) electrons. The van der Waals surface area contributed by atoms with Gasteiger partial charge in [0, 0.05) is 23.0 Å². The van der Waals surface area contributed by atoms with Crippen molar-refractivity contribution in [1.82, 2.24) is 4.98 Å². The minimum atomic E-state index is -2.32. The highest BCUT2D eigenvalue weighted by atomic mass is 32.2. The van der Waals surface area contributed by atoms with E-state index in [0.29, 0.717) is 4.34 Å². The Kier molecular flexibility index (Phi) is 5.89. The van der Waals surface area contributed by atoms with E-state index in [1.165, 1.54) is 11.3 Å². The molecule has 20 heavy (non-hydrogen) atoms. The first-order chi connectivity index (χ1) is 9.25. The zero-order valence-corrected chi connectivity index (χ0v) is 12.9. The number of thiazole rings is 1. The predicted octanol–water partition coefficient (Wildman–Crippen LogP) is 4.55. The van der Waals surface area contributed by atoms with Gasteiger partial charge in [-0.05, 0) is 10.7 Å². The van der Waals surface area contributed by atoms with Crippen molar-refractivity contribution < 1.29 is 13.2 Å². The molecule has 1 aromatic rings. The second-order valence-electron chi connectivity index (χ2n) is 4.92. The van der Waals surface area contributed by atoms with Crippen LogP contribution in [0, 0.1) is 11.5 Å². The van der Waals surface area contributed by atoms with Crippen LogP contribution < -0.4 is 0 Å². The number of hydrogen-bond acceptors (Lipinski definition) is 4. The highest BCUT2D eigenvalue weighted by Crippen LogP contribution is 2.27. The number of nitrogens with zero attached hydrogens (tertiary/aromatic N) is 3. The Hall–Kier alpha value is -1.20. The molecule has 110 valence electrons. The number of rotatable bonds is 4. The molecule has 0 amide bonds. The van der Waals surface area contributed by atoms with Gasteiger partial charge >= 0.3 is 6.08 Å². The summed E-state index contributed by atoms with van der Waals surface area (Å²) in [7, 11) is -0.975. The van der Waals surface area contributed by atoms with E-state index in [2.05, 4.69) is 9.35 Å². The summed E-state index contributed by atoms with van der Waals surface area (Å²) in [6, 6.07) is 0. The maximum atomic E-state index is 12.8. The van der Waals surface area contributed by atoms with Crippen LogP contribution in [0.25, 0.3) is 0 Å². The standard InChI is InChI=1S/C12H14F3N3S2/c1-12(2,3)9-6-19-11(18-9)20(17-7-16)5-4-8(13)10(14)15/h6H,4-5H2,1-3H3. The summed E-state index contributed by atoms with van der Waals surface area (Å²) < 4.78 is 41.1. The molecule has 1 rings (SSSR count). The molecule has 0 spiro atoms. The van der Waals surface area contributed by atoms with Gasteiger partial charge in [0.05, 0.1) is 5.69 Å². The third kappa shape index (κ3) is 4.72. The van der Waals surface area contributed by atoms with Gasteiger partial charge in [0.25, 0.3) is 0 Å². The first-order valence-electron chi connectivity index (χ1n) is 5.72. The van der Waals surface area contributed by atoms with Crippen LogP contribution in [0.4, 0.5) is 13.2 Å². The molecule has 0 aliphatic carbocycles. The number of aromatic nitrogens is 1. The zero-order valence-electron chi connectivity index (χ0n) is 11.3. The number of nitriles is 1. The molecule has 0 saturated heterocycles. The lowest BCUT2D eigenvalue weighted by molar-refractivity contribution is 0.373. The van der Waals surface area contributed by atoms with Crippen molar-refractivity contribution >= 4 is 22.0 Å². The van der Waals surface area contributed by atoms with Crippen LogP contribution in [0.1, 0.15) is 32.9 Å². The Morgan fingerprint density at radius 2 is 2.10 bits per heavy atom. The average Bonchev–Trinajstić information content (AvgIpc) is 2.83. The van der Waals surface area contributed by atoms with Crippen LogP contribution in [0.3, 0.4) is 0 Å². The molecular formula is C12H14F3N3S2. The molecule has 3 nitrogen and oxygen atoms in total. The van der Waals surface area contributed by atoms with Crippen LogP contribution in [-0.2, 0) is 16.1 Å². The molecule has 1 unspecified atom stereocenters. The normalized spacial score (nSPS) is 13.1. The van der Waals surface area contributed by atoms with Crippen LogP contribution in [0.15, 0.2) is 26.0 Å². The Morgan fingerprint density at radius 1 is 1.45 bits per heavy atom. The van der Waals surface area contributed by atoms with Gasteiger partial charge in [-0.2, -0.15) is 14.0 Å². The molecule has 1 heterocycles. The number of allylic oxidation sites excluding steroid dienone is 1. The van der Waals surface area contributed by atoms with E-state index < -0.39 is 29.0 Å². The predicted molar refractivity (Wildman–Crippen MR) is 74.3 cm³/mol. The summed E-state index contributed by atoms with van der Waals surface area (Å²) in [5, 5.41) is 10.5. The van der Waals surface area contributed by atoms with Crippen LogP contribution in [-0.4, -0.2) is 10.7 Å². The quantitative estimate of drug-likeness (QED) is 0.764. The van der Waals surface area contributed by atoms with Crippen molar-refractivity contribution in [2.75, 3.05) is 5.75 Å². The van der Waals surface area contributed by atoms with Gasteiger partial charge in [0.1, 0.15) is 0 Å². The lowest BCUT2D eigenvalue weighted by Crippen LogP contribution is -2.11. The van der Waals surface area contributed by atoms with E-state index in [9.17, 15) is 13.2 Å². The minimum Gasteiger partial charge on any atom is -0.233 e. The molecule has 0 bridgehead atoms. The minimum absolute atomic E-state index is 0.0217. The summed E-state index contributed by atoms with van der Waals surface area (Å²) in [5.74, 6) is -1.43. The van der Waals surface area contributed by atoms with Gasteiger partial charge in [0.2, 0.25) is 6.19 Å². The van der Waals surface area contributed by atoms with Gasteiger partial charge in [-0.3, -0.25) is 0 Å². The van der Waals surface area contributed by atoms with Gasteiger partial charge in [-0.25, -0.2) is 9.37 Å². The second-order valence-corrected chi connectivity index (χ2v) is 7.75. The molecule has 0 aliphatic rings. The van der Waals surface area contributed by atoms with E-state index in [-0.39, 0.29) is 11.2 Å². The molecule has 0 fully saturated rings. The van der Waals surface area contributed by atoms with E-state index in [0.717, 1.165) is 5.69 Å². The first-order valence-corrected chi connectivity index (χ1v) is 7.95. The maximum Gasteiger partial charge on any atom is 0.301 e. The highest BCUT2D eigenvalue weighted by Gasteiger charge is 2.19. The third-order valence-electron chi connectivity index (χ3n) is 2.32. The number of halogens is 3. The molecule has 0 aromatic carbocycles. The van der Waals surface area contributed by atoms with E-state index in [1.54, 1.807) is 6.19 Å². The molecule has 8 heteroatoms. The lowest BCUT2D eigenvalue weighted by atomic mass is 9.93. The van der Waals surface area contributed by atoms with Gasteiger partial charge in [-0.1, -0.05) is 20.8 Å². The van der Waals surface area contributed by atoms with Gasteiger partial charge in [0.15, 0.2) is 10.2 Å². The fourth-order valence-electron chi connectivity index (χ4n) is 1.21. The van der Waals surface area contributed by atoms with E-state index in [4.69, 9.17) is 5.26 Å². The van der Waals surface area contributed by atoms with Crippen molar-refractivity contribution in [1.29, 1.82) is 5.26 Å². The van der Waals surface area contributed by atoms with Crippen LogP contribution >= 0.6 is 11.3 Å². The largest absolute Gasteiger partial charge is 0.301 e. The third-order valence-corrected chi connectivity index (χ3v) is 5.21. The Bertz CT molecular complexity index is 576. The van der Waals surface area contributed by atoms with Crippen molar-refractivity contribution in [2.24, 2.45) is 4.36 Å². The summed E-state index contributed by atoms with van der Waals surface area (Å²) in [6.45, 7) is 5.98. The average molecular weight is 321 g/mol. The monoisotopic (exact) mass is 321 g/mol. The summed E-state index contributed by atoms with van der Waals surface area (Å²) >= 11 is 1.31. The number of hydrogen-bond donors (Lipinski definition) is 0. The zero-order chi connectivity index (χ0) is 15.3. The van der Waals surface area contributed by atoms with Crippen LogP contribution in [0.2, 0.25) is 0 Å². The van der Waals surface area contributed by atoms with Gasteiger partial charge in [-0.15, -0.1) is 15.7 Å². The molecule has 1 atom stereocenters. The Balaban J connectivity index is 2.94. The van der Waals surface area contributed by atoms with Crippen molar-refractivity contribution in [3.8, 4) is 6.19 Å². The van der Waals surface area contributed by atoms with Crippen molar-refractivity contribution in [2.45, 2.75) is 36.9 Å². The van der Waals surface area contributed by atoms with Crippen LogP contribution in [0.5, 0.6) is 0 Å². The second kappa shape index (κ2) is 6.99. The van der Waals surface area contributed by atoms with E-state index in [1.807, 2.05) is 26.2 Å². The Morgan fingerprint density at radius 3 is 2.55 bits per heavy atom. The fourth-order valence-corrected chi connectivity index (χ4v) is 3.95. The smallest absolute Gasteiger partial charge is 0.233 e. The summed E-state index contributed by atoms with van der Waals surface area (Å²) in [5.41, 5.74) is 0.697. The molecular weight excluding hydrogens is 307 g/mol.